The fourth-order valence-corrected chi connectivity index (χ4v) is 7.18. The van der Waals surface area contributed by atoms with E-state index in [-0.39, 0.29) is 24.9 Å². The monoisotopic (exact) mass is 800 g/mol. The third-order valence-corrected chi connectivity index (χ3v) is 10.9. The highest BCUT2D eigenvalue weighted by atomic mass is 16.5. The maximum Gasteiger partial charge on any atom is 0.306 e. The first-order chi connectivity index (χ1) is 28.0. The minimum absolute atomic E-state index is 0.0532. The van der Waals surface area contributed by atoms with E-state index >= 15 is 0 Å². The maximum atomic E-state index is 13.1. The van der Waals surface area contributed by atoms with Gasteiger partial charge in [0.1, 0.15) is 6.10 Å². The van der Waals surface area contributed by atoms with E-state index in [1.807, 2.05) is 0 Å². The molecule has 0 saturated heterocycles. The molecule has 0 saturated carbocycles. The molecule has 0 fully saturated rings. The summed E-state index contributed by atoms with van der Waals surface area (Å²) >= 11 is 0. The fourth-order valence-electron chi connectivity index (χ4n) is 7.18. The largest absolute Gasteiger partial charge is 0.462 e. The van der Waals surface area contributed by atoms with Crippen LogP contribution >= 0.6 is 0 Å². The Balaban J connectivity index is 4.66. The van der Waals surface area contributed by atoms with Crippen LogP contribution in [0.4, 0.5) is 0 Å². The third kappa shape index (κ3) is 40.4. The zero-order valence-electron chi connectivity index (χ0n) is 37.7. The number of aliphatic hydroxyl groups excluding tert-OH is 2. The average molecular weight is 800 g/mol. The molecule has 6 nitrogen and oxygen atoms in total. The van der Waals surface area contributed by atoms with E-state index < -0.39 is 18.2 Å². The second-order valence-corrected chi connectivity index (χ2v) is 16.6. The summed E-state index contributed by atoms with van der Waals surface area (Å²) < 4.78 is 5.89. The van der Waals surface area contributed by atoms with Gasteiger partial charge in [0.15, 0.2) is 0 Å². The molecule has 1 amide bonds. The van der Waals surface area contributed by atoms with E-state index in [2.05, 4.69) is 74.7 Å². The molecule has 0 heterocycles. The number of esters is 1. The second kappa shape index (κ2) is 44.9. The number of unbranched alkanes of at least 4 members (excludes halogenated alkanes) is 25. The van der Waals surface area contributed by atoms with Gasteiger partial charge in [-0.2, -0.15) is 0 Å². The molecule has 332 valence electrons. The molecular weight excluding hydrogens is 707 g/mol. The van der Waals surface area contributed by atoms with Crippen molar-refractivity contribution in [2.75, 3.05) is 6.61 Å². The molecule has 0 rings (SSSR count). The third-order valence-electron chi connectivity index (χ3n) is 10.9. The van der Waals surface area contributed by atoms with Crippen LogP contribution < -0.4 is 5.32 Å². The van der Waals surface area contributed by atoms with Crippen molar-refractivity contribution >= 4 is 11.9 Å². The van der Waals surface area contributed by atoms with Gasteiger partial charge >= 0.3 is 5.97 Å². The van der Waals surface area contributed by atoms with Gasteiger partial charge in [0.25, 0.3) is 0 Å². The number of nitrogens with one attached hydrogen (secondary N) is 1. The van der Waals surface area contributed by atoms with Gasteiger partial charge in [-0.1, -0.05) is 198 Å². The van der Waals surface area contributed by atoms with Gasteiger partial charge in [-0.3, -0.25) is 9.59 Å². The van der Waals surface area contributed by atoms with Gasteiger partial charge in [0, 0.05) is 6.42 Å². The lowest BCUT2D eigenvalue weighted by molar-refractivity contribution is -0.151. The van der Waals surface area contributed by atoms with Crippen LogP contribution in [0.15, 0.2) is 48.6 Å². The van der Waals surface area contributed by atoms with Gasteiger partial charge in [0.2, 0.25) is 5.91 Å². The molecule has 3 atom stereocenters. The summed E-state index contributed by atoms with van der Waals surface area (Å²) in [5, 5.41) is 23.6. The molecule has 0 spiro atoms. The van der Waals surface area contributed by atoms with Crippen LogP contribution in [-0.2, 0) is 14.3 Å². The lowest BCUT2D eigenvalue weighted by Crippen LogP contribution is -2.46. The number of hydrogen-bond donors (Lipinski definition) is 3. The first-order valence-electron chi connectivity index (χ1n) is 24.4. The lowest BCUT2D eigenvalue weighted by Gasteiger charge is -2.24. The molecule has 3 unspecified atom stereocenters. The van der Waals surface area contributed by atoms with Crippen LogP contribution in [0.3, 0.4) is 0 Å². The number of amides is 1. The van der Waals surface area contributed by atoms with E-state index in [4.69, 9.17) is 4.74 Å². The van der Waals surface area contributed by atoms with Crippen LogP contribution in [-0.4, -0.2) is 46.9 Å². The van der Waals surface area contributed by atoms with Crippen molar-refractivity contribution in [3.8, 4) is 0 Å². The lowest BCUT2D eigenvalue weighted by atomic mass is 10.0. The van der Waals surface area contributed by atoms with Crippen molar-refractivity contribution in [1.29, 1.82) is 0 Å². The molecule has 0 bridgehead atoms. The Labute approximate surface area is 353 Å². The number of ether oxygens (including phenoxy) is 1. The SMILES string of the molecule is CCCCC/C=C/C=C/CCCCCCC(CC(=O)NC(CO)C(O)CCCCCCCCCCC)OC(=O)CCCCC/C=C/C=C/CCCCCCCCC. The van der Waals surface area contributed by atoms with Gasteiger partial charge in [-0.15, -0.1) is 0 Å². The van der Waals surface area contributed by atoms with Crippen molar-refractivity contribution in [2.45, 2.75) is 257 Å². The molecule has 0 aromatic heterocycles. The normalized spacial score (nSPS) is 13.7. The van der Waals surface area contributed by atoms with Crippen LogP contribution in [0, 0.1) is 0 Å². The Morgan fingerprint density at radius 2 is 0.877 bits per heavy atom. The van der Waals surface area contributed by atoms with Crippen LogP contribution in [0.2, 0.25) is 0 Å². The molecule has 0 aliphatic carbocycles. The van der Waals surface area contributed by atoms with Gasteiger partial charge < -0.3 is 20.3 Å². The minimum Gasteiger partial charge on any atom is -0.462 e. The molecule has 0 aromatic carbocycles. The number of allylic oxidation sites excluding steroid dienone is 8. The predicted octanol–water partition coefficient (Wildman–Crippen LogP) is 14.3. The highest BCUT2D eigenvalue weighted by Gasteiger charge is 2.24. The van der Waals surface area contributed by atoms with E-state index in [1.54, 1.807) is 0 Å². The molecule has 6 heteroatoms. The van der Waals surface area contributed by atoms with Gasteiger partial charge in [0.05, 0.1) is 25.2 Å². The van der Waals surface area contributed by atoms with E-state index in [0.29, 0.717) is 19.3 Å². The zero-order chi connectivity index (χ0) is 41.7. The Morgan fingerprint density at radius 3 is 1.33 bits per heavy atom. The zero-order valence-corrected chi connectivity index (χ0v) is 37.7. The highest BCUT2D eigenvalue weighted by Crippen LogP contribution is 2.17. The molecule has 3 N–H and O–H groups in total. The van der Waals surface area contributed by atoms with Gasteiger partial charge in [-0.05, 0) is 77.0 Å². The Bertz CT molecular complexity index is 988. The molecular formula is C51H93NO5. The van der Waals surface area contributed by atoms with Crippen molar-refractivity contribution in [2.24, 2.45) is 0 Å². The van der Waals surface area contributed by atoms with Crippen LogP contribution in [0.1, 0.15) is 239 Å². The topological polar surface area (TPSA) is 95.9 Å². The smallest absolute Gasteiger partial charge is 0.306 e. The number of carbonyl (C=O) groups is 2. The summed E-state index contributed by atoms with van der Waals surface area (Å²) in [6.07, 6.45) is 53.1. The summed E-state index contributed by atoms with van der Waals surface area (Å²) in [4.78, 5) is 26.0. The second-order valence-electron chi connectivity index (χ2n) is 16.6. The quantitative estimate of drug-likeness (QED) is 0.0324. The first kappa shape index (κ1) is 54.8. The van der Waals surface area contributed by atoms with E-state index in [9.17, 15) is 19.8 Å². The highest BCUT2D eigenvalue weighted by molar-refractivity contribution is 5.77. The van der Waals surface area contributed by atoms with Crippen LogP contribution in [0.25, 0.3) is 0 Å². The molecule has 0 aliphatic rings. The summed E-state index contributed by atoms with van der Waals surface area (Å²) in [5.74, 6) is -0.525. The molecule has 0 aromatic rings. The van der Waals surface area contributed by atoms with E-state index in [0.717, 1.165) is 89.9 Å². The molecule has 0 aliphatic heterocycles. The van der Waals surface area contributed by atoms with Crippen molar-refractivity contribution in [3.63, 3.8) is 0 Å². The Kier molecular flexibility index (Phi) is 43.2. The number of carbonyl (C=O) groups excluding carboxylic acids is 2. The number of aliphatic hydroxyl groups is 2. The Hall–Kier alpha value is -2.18. The summed E-state index contributed by atoms with van der Waals surface area (Å²) in [6.45, 7) is 6.41. The number of hydrogen-bond acceptors (Lipinski definition) is 5. The first-order valence-corrected chi connectivity index (χ1v) is 24.4. The average Bonchev–Trinajstić information content (AvgIpc) is 3.20. The van der Waals surface area contributed by atoms with Crippen molar-refractivity contribution in [3.05, 3.63) is 48.6 Å². The standard InChI is InChI=1S/C51H93NO5/c1-4-7-10-13-16-19-21-23-24-25-27-29-32-35-38-41-44-51(56)57-47(42-39-36-33-31-28-26-22-20-17-14-11-8-5-2)45-50(55)52-48(46-53)49(54)43-40-37-34-30-18-15-12-9-6-3/h17,20,22,24-27,29,47-49,53-54H,4-16,18-19,21,23,28,30-46H2,1-3H3,(H,52,55)/b20-17+,25-24+,26-22+,29-27+. The molecule has 0 radical (unpaired) electrons. The number of rotatable bonds is 43. The molecule has 57 heavy (non-hydrogen) atoms. The maximum absolute atomic E-state index is 13.1. The van der Waals surface area contributed by atoms with Crippen molar-refractivity contribution in [1.82, 2.24) is 5.32 Å². The summed E-state index contributed by atoms with van der Waals surface area (Å²) in [5.41, 5.74) is 0. The summed E-state index contributed by atoms with van der Waals surface area (Å²) in [6, 6.07) is -0.711. The predicted molar refractivity (Wildman–Crippen MR) is 245 cm³/mol. The van der Waals surface area contributed by atoms with E-state index in [1.165, 1.54) is 103 Å². The Morgan fingerprint density at radius 1 is 0.509 bits per heavy atom. The van der Waals surface area contributed by atoms with Crippen LogP contribution in [0.5, 0.6) is 0 Å². The minimum atomic E-state index is -0.795. The van der Waals surface area contributed by atoms with Gasteiger partial charge in [-0.25, -0.2) is 0 Å². The fraction of sp³-hybridized carbons (Fsp3) is 0.804. The van der Waals surface area contributed by atoms with Crippen molar-refractivity contribution < 1.29 is 24.5 Å². The summed E-state index contributed by atoms with van der Waals surface area (Å²) in [7, 11) is 0.